The second-order valence-electron chi connectivity index (χ2n) is 6.36. The van der Waals surface area contributed by atoms with E-state index in [1.165, 1.54) is 64.2 Å². The maximum Gasteiger partial charge on any atom is 0.317 e. The summed E-state index contributed by atoms with van der Waals surface area (Å²) in [5, 5.41) is 3.25. The molecule has 2 aliphatic rings. The number of rotatable bonds is 3. The molecule has 0 aromatic heterocycles. The summed E-state index contributed by atoms with van der Waals surface area (Å²) in [6.45, 7) is 4.18. The number of hydrogen-bond donors (Lipinski definition) is 1. The van der Waals surface area contributed by atoms with E-state index in [0.717, 1.165) is 19.0 Å². The van der Waals surface area contributed by atoms with E-state index in [9.17, 15) is 4.79 Å². The first-order valence-corrected chi connectivity index (χ1v) is 8.35. The Morgan fingerprint density at radius 2 is 1.84 bits per heavy atom. The van der Waals surface area contributed by atoms with Crippen LogP contribution in [0.5, 0.6) is 0 Å². The van der Waals surface area contributed by atoms with Crippen LogP contribution >= 0.6 is 0 Å². The zero-order chi connectivity index (χ0) is 13.5. The lowest BCUT2D eigenvalue weighted by atomic mass is 9.95. The lowest BCUT2D eigenvalue weighted by Gasteiger charge is -2.27. The normalized spacial score (nSPS) is 25.9. The van der Waals surface area contributed by atoms with Crippen LogP contribution < -0.4 is 5.32 Å². The van der Waals surface area contributed by atoms with Crippen LogP contribution in [0.2, 0.25) is 0 Å². The van der Waals surface area contributed by atoms with Gasteiger partial charge in [0.15, 0.2) is 0 Å². The molecule has 1 saturated carbocycles. The van der Waals surface area contributed by atoms with Gasteiger partial charge in [0.25, 0.3) is 0 Å². The molecule has 2 amide bonds. The molecular weight excluding hydrogens is 236 g/mol. The molecule has 1 unspecified atom stereocenters. The molecule has 0 bridgehead atoms. The second kappa shape index (κ2) is 7.76. The van der Waals surface area contributed by atoms with Crippen molar-refractivity contribution in [2.75, 3.05) is 13.1 Å². The highest BCUT2D eigenvalue weighted by molar-refractivity contribution is 5.74. The fourth-order valence-corrected chi connectivity index (χ4v) is 3.58. The van der Waals surface area contributed by atoms with Crippen LogP contribution in [-0.4, -0.2) is 30.1 Å². The number of carbonyl (C=O) groups excluding carboxylic acids is 1. The molecule has 3 nitrogen and oxygen atoms in total. The molecule has 1 aliphatic carbocycles. The minimum atomic E-state index is 0.198. The Bertz CT molecular complexity index is 274. The summed E-state index contributed by atoms with van der Waals surface area (Å²) in [7, 11) is 0. The van der Waals surface area contributed by atoms with Gasteiger partial charge in [-0.2, -0.15) is 0 Å². The molecule has 0 radical (unpaired) electrons. The number of nitrogens with zero attached hydrogens (tertiary/aromatic N) is 1. The highest BCUT2D eigenvalue weighted by Gasteiger charge is 2.22. The summed E-state index contributed by atoms with van der Waals surface area (Å²) in [5.41, 5.74) is 0. The topological polar surface area (TPSA) is 32.3 Å². The van der Waals surface area contributed by atoms with Crippen molar-refractivity contribution in [1.82, 2.24) is 10.2 Å². The maximum absolute atomic E-state index is 12.3. The Morgan fingerprint density at radius 3 is 2.58 bits per heavy atom. The first kappa shape index (κ1) is 14.7. The lowest BCUT2D eigenvalue weighted by molar-refractivity contribution is 0.191. The summed E-state index contributed by atoms with van der Waals surface area (Å²) >= 11 is 0. The number of amides is 2. The van der Waals surface area contributed by atoms with E-state index in [0.29, 0.717) is 6.04 Å². The summed E-state index contributed by atoms with van der Waals surface area (Å²) in [4.78, 5) is 14.4. The van der Waals surface area contributed by atoms with Gasteiger partial charge in [-0.25, -0.2) is 4.79 Å². The van der Waals surface area contributed by atoms with Gasteiger partial charge >= 0.3 is 6.03 Å². The van der Waals surface area contributed by atoms with E-state index in [1.807, 2.05) is 0 Å². The van der Waals surface area contributed by atoms with Gasteiger partial charge in [-0.1, -0.05) is 39.0 Å². The van der Waals surface area contributed by atoms with Crippen molar-refractivity contribution in [2.24, 2.45) is 5.92 Å². The van der Waals surface area contributed by atoms with Gasteiger partial charge < -0.3 is 10.2 Å². The number of urea groups is 1. The largest absolute Gasteiger partial charge is 0.335 e. The monoisotopic (exact) mass is 266 g/mol. The molecule has 0 aromatic carbocycles. The molecule has 1 aliphatic heterocycles. The van der Waals surface area contributed by atoms with E-state index < -0.39 is 0 Å². The molecule has 2 fully saturated rings. The minimum Gasteiger partial charge on any atom is -0.335 e. The quantitative estimate of drug-likeness (QED) is 0.824. The van der Waals surface area contributed by atoms with Gasteiger partial charge in [-0.3, -0.25) is 0 Å². The molecule has 3 heteroatoms. The number of likely N-dealkylation sites (tertiary alicyclic amines) is 1. The SMILES string of the molecule is CCCC1CCCN(C(=O)NC2CCCCC2)CC1. The Labute approximate surface area is 118 Å². The fourth-order valence-electron chi connectivity index (χ4n) is 3.58. The van der Waals surface area contributed by atoms with Crippen LogP contribution in [0.15, 0.2) is 0 Å². The van der Waals surface area contributed by atoms with Gasteiger partial charge in [-0.15, -0.1) is 0 Å². The zero-order valence-electron chi connectivity index (χ0n) is 12.5. The van der Waals surface area contributed by atoms with Crippen LogP contribution in [0.3, 0.4) is 0 Å². The molecule has 2 rings (SSSR count). The van der Waals surface area contributed by atoms with Crippen molar-refractivity contribution < 1.29 is 4.79 Å². The lowest BCUT2D eigenvalue weighted by Crippen LogP contribution is -2.45. The van der Waals surface area contributed by atoms with Gasteiger partial charge in [-0.05, 0) is 38.0 Å². The van der Waals surface area contributed by atoms with Crippen LogP contribution in [0, 0.1) is 5.92 Å². The van der Waals surface area contributed by atoms with E-state index >= 15 is 0 Å². The first-order chi connectivity index (χ1) is 9.29. The average Bonchev–Trinajstić information content (AvgIpc) is 2.66. The number of carbonyl (C=O) groups is 1. The molecule has 1 N–H and O–H groups in total. The van der Waals surface area contributed by atoms with Gasteiger partial charge in [0.2, 0.25) is 0 Å². The Morgan fingerprint density at radius 1 is 1.05 bits per heavy atom. The van der Waals surface area contributed by atoms with Crippen molar-refractivity contribution in [3.8, 4) is 0 Å². The molecule has 1 saturated heterocycles. The predicted octanol–water partition coefficient (Wildman–Crippen LogP) is 3.93. The van der Waals surface area contributed by atoms with E-state index in [2.05, 4.69) is 17.1 Å². The maximum atomic E-state index is 12.3. The summed E-state index contributed by atoms with van der Waals surface area (Å²) < 4.78 is 0. The third-order valence-corrected chi connectivity index (χ3v) is 4.76. The van der Waals surface area contributed by atoms with Crippen LogP contribution in [0.1, 0.15) is 71.1 Å². The molecule has 0 spiro atoms. The standard InChI is InChI=1S/C16H30N2O/c1-2-7-14-8-6-12-18(13-11-14)16(19)17-15-9-4-3-5-10-15/h14-15H,2-13H2,1H3,(H,17,19). The summed E-state index contributed by atoms with van der Waals surface area (Å²) in [5.74, 6) is 0.845. The summed E-state index contributed by atoms with van der Waals surface area (Å²) in [6.07, 6.45) is 12.6. The van der Waals surface area contributed by atoms with E-state index in [-0.39, 0.29) is 6.03 Å². The molecule has 0 aromatic rings. The molecule has 1 atom stereocenters. The zero-order valence-corrected chi connectivity index (χ0v) is 12.5. The molecule has 19 heavy (non-hydrogen) atoms. The Hall–Kier alpha value is -0.730. The van der Waals surface area contributed by atoms with Crippen molar-refractivity contribution in [1.29, 1.82) is 0 Å². The third-order valence-electron chi connectivity index (χ3n) is 4.76. The molecule has 1 heterocycles. The highest BCUT2D eigenvalue weighted by atomic mass is 16.2. The van der Waals surface area contributed by atoms with Crippen molar-refractivity contribution in [2.45, 2.75) is 77.2 Å². The summed E-state index contributed by atoms with van der Waals surface area (Å²) in [6, 6.07) is 0.639. The van der Waals surface area contributed by atoms with Crippen molar-refractivity contribution in [3.05, 3.63) is 0 Å². The Kier molecular flexibility index (Phi) is 5.99. The number of nitrogens with one attached hydrogen (secondary N) is 1. The van der Waals surface area contributed by atoms with Crippen LogP contribution in [-0.2, 0) is 0 Å². The van der Waals surface area contributed by atoms with E-state index in [1.54, 1.807) is 0 Å². The van der Waals surface area contributed by atoms with Gasteiger partial charge in [0.1, 0.15) is 0 Å². The second-order valence-corrected chi connectivity index (χ2v) is 6.36. The molecular formula is C16H30N2O. The molecule has 110 valence electrons. The first-order valence-electron chi connectivity index (χ1n) is 8.35. The van der Waals surface area contributed by atoms with Gasteiger partial charge in [0, 0.05) is 19.1 Å². The predicted molar refractivity (Wildman–Crippen MR) is 79.2 cm³/mol. The Balaban J connectivity index is 1.75. The van der Waals surface area contributed by atoms with E-state index in [4.69, 9.17) is 0 Å². The van der Waals surface area contributed by atoms with Crippen molar-refractivity contribution in [3.63, 3.8) is 0 Å². The smallest absolute Gasteiger partial charge is 0.317 e. The third kappa shape index (κ3) is 4.70. The van der Waals surface area contributed by atoms with Crippen LogP contribution in [0.4, 0.5) is 4.79 Å². The average molecular weight is 266 g/mol. The number of hydrogen-bond acceptors (Lipinski definition) is 1. The highest BCUT2D eigenvalue weighted by Crippen LogP contribution is 2.22. The van der Waals surface area contributed by atoms with Crippen LogP contribution in [0.25, 0.3) is 0 Å². The fraction of sp³-hybridized carbons (Fsp3) is 0.938. The van der Waals surface area contributed by atoms with Gasteiger partial charge in [0.05, 0.1) is 0 Å². The minimum absolute atomic E-state index is 0.198. The van der Waals surface area contributed by atoms with Crippen molar-refractivity contribution >= 4 is 6.03 Å².